The van der Waals surface area contributed by atoms with E-state index in [4.69, 9.17) is 10.7 Å². The first-order valence-electron chi connectivity index (χ1n) is 22.9. The van der Waals surface area contributed by atoms with E-state index in [2.05, 4.69) is 232 Å². The molecular formula is C62H43N5. The van der Waals surface area contributed by atoms with Crippen LogP contribution >= 0.6 is 0 Å². The zero-order chi connectivity index (χ0) is 44.4. The van der Waals surface area contributed by atoms with Gasteiger partial charge in [0.15, 0.2) is 0 Å². The van der Waals surface area contributed by atoms with E-state index in [0.717, 1.165) is 62.5 Å². The lowest BCUT2D eigenvalue weighted by Crippen LogP contribution is -2.14. The smallest absolute Gasteiger partial charge is 0.131 e. The fourth-order valence-corrected chi connectivity index (χ4v) is 10.4. The summed E-state index contributed by atoms with van der Waals surface area (Å²) >= 11 is 0. The van der Waals surface area contributed by atoms with Crippen LogP contribution in [-0.2, 0) is 0 Å². The lowest BCUT2D eigenvalue weighted by Gasteiger charge is -2.12. The molecule has 0 unspecified atom stereocenters. The topological polar surface area (TPSA) is 53.2 Å². The number of benzene rings is 9. The highest BCUT2D eigenvalue weighted by Crippen LogP contribution is 2.44. The first-order chi connectivity index (χ1) is 33.2. The van der Waals surface area contributed by atoms with E-state index in [1.807, 2.05) is 18.2 Å². The Balaban J connectivity index is 1.02. The minimum atomic E-state index is 0.477. The summed E-state index contributed by atoms with van der Waals surface area (Å²) in [5.74, 6) is 0.477. The van der Waals surface area contributed by atoms with Gasteiger partial charge < -0.3 is 19.4 Å². The maximum atomic E-state index is 6.89. The largest absolute Gasteiger partial charge is 0.383 e. The predicted octanol–water partition coefficient (Wildman–Crippen LogP) is 15.3. The van der Waals surface area contributed by atoms with Crippen LogP contribution in [0, 0.1) is 0 Å². The number of allylic oxidation sites excluding steroid dienone is 5. The molecule has 0 saturated heterocycles. The Morgan fingerprint density at radius 3 is 1.60 bits per heavy atom. The first kappa shape index (κ1) is 38.5. The number of nitrogens with two attached hydrogens (primary N) is 1. The van der Waals surface area contributed by atoms with Crippen molar-refractivity contribution >= 4 is 77.0 Å². The minimum Gasteiger partial charge on any atom is -0.383 e. The quantitative estimate of drug-likeness (QED) is 0.126. The maximum Gasteiger partial charge on any atom is 0.131 e. The molecule has 0 saturated carbocycles. The fraction of sp³-hybridized carbons (Fsp3) is 0.0161. The number of aliphatic imine (C=N–C) groups is 1. The minimum absolute atomic E-state index is 0.477. The molecule has 5 heteroatoms. The summed E-state index contributed by atoms with van der Waals surface area (Å²) < 4.78 is 7.23. The molecule has 13 rings (SSSR count). The monoisotopic (exact) mass is 857 g/mol. The van der Waals surface area contributed by atoms with Crippen LogP contribution in [0.4, 0.5) is 0 Å². The van der Waals surface area contributed by atoms with E-state index in [1.54, 1.807) is 0 Å². The first-order valence-corrected chi connectivity index (χ1v) is 22.9. The molecule has 3 aromatic heterocycles. The van der Waals surface area contributed by atoms with Crippen LogP contribution in [0.3, 0.4) is 0 Å². The second-order valence-corrected chi connectivity index (χ2v) is 17.3. The van der Waals surface area contributed by atoms with Gasteiger partial charge in [-0.15, -0.1) is 0 Å². The Kier molecular flexibility index (Phi) is 9.00. The molecule has 0 atom stereocenters. The summed E-state index contributed by atoms with van der Waals surface area (Å²) in [6.07, 6.45) is 9.23. The molecule has 3 heterocycles. The van der Waals surface area contributed by atoms with Crippen molar-refractivity contribution in [1.29, 1.82) is 0 Å². The Morgan fingerprint density at radius 2 is 0.925 bits per heavy atom. The number of aromatic nitrogens is 3. The number of amidine groups is 1. The molecule has 0 amide bonds. The molecule has 12 aromatic rings. The van der Waals surface area contributed by atoms with Crippen molar-refractivity contribution in [3.05, 3.63) is 253 Å². The molecule has 2 N–H and O–H groups in total. The van der Waals surface area contributed by atoms with Gasteiger partial charge in [0.25, 0.3) is 0 Å². The van der Waals surface area contributed by atoms with Gasteiger partial charge >= 0.3 is 0 Å². The summed E-state index contributed by atoms with van der Waals surface area (Å²) in [5, 5.41) is 7.30. The second-order valence-electron chi connectivity index (χ2n) is 17.3. The molecule has 0 aliphatic heterocycles. The SMILES string of the molecule is NC(=N/C(=C1/C=CC=CC1)c1ccccc1)c1ccc(-n2c3ccc(-c4ccc5c(c4)c4ccccc4n5-c4ccccc4)cc3c3c2ccc2c4ccccc4n(-c4ccccc4)c23)cc1. The van der Waals surface area contributed by atoms with Crippen molar-refractivity contribution in [1.82, 2.24) is 13.7 Å². The molecule has 0 spiro atoms. The van der Waals surface area contributed by atoms with Gasteiger partial charge in [-0.1, -0.05) is 146 Å². The van der Waals surface area contributed by atoms with E-state index >= 15 is 0 Å². The third-order valence-electron chi connectivity index (χ3n) is 13.5. The zero-order valence-electron chi connectivity index (χ0n) is 36.6. The summed E-state index contributed by atoms with van der Waals surface area (Å²) in [6, 6.07) is 76.3. The third-order valence-corrected chi connectivity index (χ3v) is 13.5. The highest BCUT2D eigenvalue weighted by Gasteiger charge is 2.22. The van der Waals surface area contributed by atoms with E-state index in [0.29, 0.717) is 5.84 Å². The molecule has 1 aliphatic carbocycles. The van der Waals surface area contributed by atoms with Gasteiger partial charge in [0, 0.05) is 60.5 Å². The maximum absolute atomic E-state index is 6.89. The summed E-state index contributed by atoms with van der Waals surface area (Å²) in [7, 11) is 0. The molecule has 5 nitrogen and oxygen atoms in total. The zero-order valence-corrected chi connectivity index (χ0v) is 36.6. The highest BCUT2D eigenvalue weighted by molar-refractivity contribution is 6.26. The van der Waals surface area contributed by atoms with Gasteiger partial charge in [0.1, 0.15) is 5.84 Å². The van der Waals surface area contributed by atoms with Gasteiger partial charge in [-0.3, -0.25) is 0 Å². The number of nitrogens with zero attached hydrogens (tertiary/aromatic N) is 4. The molecular weight excluding hydrogens is 815 g/mol. The van der Waals surface area contributed by atoms with Crippen molar-refractivity contribution in [3.63, 3.8) is 0 Å². The van der Waals surface area contributed by atoms with Crippen LogP contribution in [0.25, 0.3) is 99.3 Å². The standard InChI is InChI=1S/C62H43N5/c63-62(64-60(41-17-5-1-6-18-41)42-19-7-2-8-20-42)43-29-33-48(34-30-43)66-57-37-32-45(44-31-36-56-52(39-44)50-26-14-15-27-54(50)65(56)46-21-9-3-10-22-46)40-53(57)59-58(66)38-35-51-49-25-13-16-28-55(49)67(61(51)59)47-23-11-4-12-24-47/h1-19,21-40H,20H2,(H2,63,64)/b60-42-. The average Bonchev–Trinajstić information content (AvgIpc) is 4.04. The van der Waals surface area contributed by atoms with E-state index in [9.17, 15) is 0 Å². The normalized spacial score (nSPS) is 13.8. The van der Waals surface area contributed by atoms with Gasteiger partial charge in [-0.25, -0.2) is 4.99 Å². The average molecular weight is 858 g/mol. The van der Waals surface area contributed by atoms with Crippen molar-refractivity contribution in [2.24, 2.45) is 10.7 Å². The molecule has 0 fully saturated rings. The molecule has 0 radical (unpaired) electrons. The van der Waals surface area contributed by atoms with Gasteiger partial charge in [-0.05, 0) is 114 Å². The Hall–Kier alpha value is -8.93. The summed E-state index contributed by atoms with van der Waals surface area (Å²) in [4.78, 5) is 5.10. The molecule has 1 aliphatic rings. The number of fused-ring (bicyclic) bond motifs is 10. The Bertz CT molecular complexity index is 4030. The van der Waals surface area contributed by atoms with Crippen LogP contribution in [0.1, 0.15) is 17.5 Å². The van der Waals surface area contributed by atoms with Crippen molar-refractivity contribution < 1.29 is 0 Å². The summed E-state index contributed by atoms with van der Waals surface area (Å²) in [6.45, 7) is 0. The predicted molar refractivity (Wildman–Crippen MR) is 282 cm³/mol. The van der Waals surface area contributed by atoms with Crippen LogP contribution in [-0.4, -0.2) is 19.5 Å². The summed E-state index contributed by atoms with van der Waals surface area (Å²) in [5.41, 5.74) is 23.5. The lowest BCUT2D eigenvalue weighted by atomic mass is 10.00. The van der Waals surface area contributed by atoms with Gasteiger partial charge in [0.2, 0.25) is 0 Å². The van der Waals surface area contributed by atoms with E-state index in [1.165, 1.54) is 59.9 Å². The molecule has 9 aromatic carbocycles. The van der Waals surface area contributed by atoms with Crippen LogP contribution in [0.5, 0.6) is 0 Å². The van der Waals surface area contributed by atoms with Crippen LogP contribution < -0.4 is 5.73 Å². The van der Waals surface area contributed by atoms with Crippen molar-refractivity contribution in [2.45, 2.75) is 6.42 Å². The molecule has 67 heavy (non-hydrogen) atoms. The number of hydrogen-bond donors (Lipinski definition) is 1. The van der Waals surface area contributed by atoms with Gasteiger partial charge in [0.05, 0.1) is 38.8 Å². The van der Waals surface area contributed by atoms with Crippen molar-refractivity contribution in [3.8, 4) is 28.2 Å². The van der Waals surface area contributed by atoms with Gasteiger partial charge in [-0.2, -0.15) is 0 Å². The second kappa shape index (κ2) is 15.7. The number of rotatable bonds is 7. The van der Waals surface area contributed by atoms with Crippen molar-refractivity contribution in [2.75, 3.05) is 0 Å². The Morgan fingerprint density at radius 1 is 0.403 bits per heavy atom. The van der Waals surface area contributed by atoms with E-state index in [-0.39, 0.29) is 0 Å². The number of para-hydroxylation sites is 4. The fourth-order valence-electron chi connectivity index (χ4n) is 10.4. The molecule has 0 bridgehead atoms. The van der Waals surface area contributed by atoms with Crippen LogP contribution in [0.2, 0.25) is 0 Å². The lowest BCUT2D eigenvalue weighted by molar-refractivity contribution is 1.17. The Labute approximate surface area is 387 Å². The number of hydrogen-bond acceptors (Lipinski definition) is 1. The van der Waals surface area contributed by atoms with Crippen LogP contribution in [0.15, 0.2) is 247 Å². The highest BCUT2D eigenvalue weighted by atomic mass is 15.0. The third kappa shape index (κ3) is 6.28. The van der Waals surface area contributed by atoms with E-state index < -0.39 is 0 Å². The molecule has 316 valence electrons.